The van der Waals surface area contributed by atoms with Crippen LogP contribution in [0.4, 0.5) is 0 Å². The lowest BCUT2D eigenvalue weighted by Crippen LogP contribution is -2.42. The standard InChI is InChI=1S/C16H17NO5/c1-15(2,3)21-14(20)16(8-9-16)22-17-12(18)10-6-4-5-7-11(10)13(17)19/h4-7H,8-9H2,1-3H3. The normalized spacial score (nSPS) is 19.1. The van der Waals surface area contributed by atoms with Crippen LogP contribution in [0.15, 0.2) is 24.3 Å². The fourth-order valence-electron chi connectivity index (χ4n) is 2.24. The highest BCUT2D eigenvalue weighted by molar-refractivity contribution is 6.20. The Morgan fingerprint density at radius 1 is 1.09 bits per heavy atom. The molecule has 6 heteroatoms. The number of hydrogen-bond acceptors (Lipinski definition) is 5. The molecule has 0 unspecified atom stereocenters. The van der Waals surface area contributed by atoms with Crippen molar-refractivity contribution in [2.75, 3.05) is 0 Å². The summed E-state index contributed by atoms with van der Waals surface area (Å²) in [7, 11) is 0. The first-order valence-corrected chi connectivity index (χ1v) is 7.14. The van der Waals surface area contributed by atoms with Crippen LogP contribution in [-0.2, 0) is 14.4 Å². The first kappa shape index (κ1) is 14.7. The number of amides is 2. The van der Waals surface area contributed by atoms with Crippen molar-refractivity contribution in [3.05, 3.63) is 35.4 Å². The Morgan fingerprint density at radius 2 is 1.59 bits per heavy atom. The molecular weight excluding hydrogens is 286 g/mol. The Morgan fingerprint density at radius 3 is 2.00 bits per heavy atom. The van der Waals surface area contributed by atoms with E-state index in [0.717, 1.165) is 0 Å². The fraction of sp³-hybridized carbons (Fsp3) is 0.438. The Hall–Kier alpha value is -2.21. The van der Waals surface area contributed by atoms with Gasteiger partial charge in [-0.1, -0.05) is 12.1 Å². The number of imide groups is 1. The van der Waals surface area contributed by atoms with E-state index in [2.05, 4.69) is 0 Å². The van der Waals surface area contributed by atoms with Crippen molar-refractivity contribution >= 4 is 17.8 Å². The number of hydrogen-bond donors (Lipinski definition) is 0. The van der Waals surface area contributed by atoms with E-state index < -0.39 is 29.0 Å². The van der Waals surface area contributed by atoms with Gasteiger partial charge in [-0.3, -0.25) is 9.59 Å². The summed E-state index contributed by atoms with van der Waals surface area (Å²) in [6.45, 7) is 5.26. The van der Waals surface area contributed by atoms with Gasteiger partial charge in [0.15, 0.2) is 5.60 Å². The van der Waals surface area contributed by atoms with Gasteiger partial charge in [-0.25, -0.2) is 9.63 Å². The van der Waals surface area contributed by atoms with Crippen LogP contribution in [0.3, 0.4) is 0 Å². The van der Waals surface area contributed by atoms with Crippen LogP contribution in [0.5, 0.6) is 0 Å². The Balaban J connectivity index is 1.79. The number of fused-ring (bicyclic) bond motifs is 1. The first-order valence-electron chi connectivity index (χ1n) is 7.14. The Labute approximate surface area is 127 Å². The number of carbonyl (C=O) groups is 3. The number of esters is 1. The summed E-state index contributed by atoms with van der Waals surface area (Å²) in [6.07, 6.45) is 0.852. The van der Waals surface area contributed by atoms with Gasteiger partial charge in [0.2, 0.25) is 0 Å². The predicted octanol–water partition coefficient (Wildman–Crippen LogP) is 2.09. The molecule has 1 aromatic rings. The van der Waals surface area contributed by atoms with Crippen molar-refractivity contribution in [3.8, 4) is 0 Å². The second-order valence-corrected chi connectivity index (χ2v) is 6.54. The summed E-state index contributed by atoms with van der Waals surface area (Å²) in [5, 5.41) is 0.682. The van der Waals surface area contributed by atoms with Gasteiger partial charge in [-0.15, -0.1) is 5.06 Å². The van der Waals surface area contributed by atoms with Crippen molar-refractivity contribution in [2.45, 2.75) is 44.8 Å². The summed E-state index contributed by atoms with van der Waals surface area (Å²) < 4.78 is 5.31. The van der Waals surface area contributed by atoms with Crippen LogP contribution in [0, 0.1) is 0 Å². The smallest absolute Gasteiger partial charge is 0.341 e. The molecule has 1 aromatic carbocycles. The maximum absolute atomic E-state index is 12.2. The van der Waals surface area contributed by atoms with Crippen LogP contribution >= 0.6 is 0 Å². The van der Waals surface area contributed by atoms with Gasteiger partial charge in [-0.2, -0.15) is 0 Å². The van der Waals surface area contributed by atoms with E-state index in [1.54, 1.807) is 45.0 Å². The monoisotopic (exact) mass is 303 g/mol. The first-order chi connectivity index (χ1) is 10.2. The molecule has 2 aliphatic rings. The number of carbonyl (C=O) groups excluding carboxylic acids is 3. The molecule has 1 saturated carbocycles. The van der Waals surface area contributed by atoms with Crippen molar-refractivity contribution in [3.63, 3.8) is 0 Å². The quantitative estimate of drug-likeness (QED) is 0.631. The van der Waals surface area contributed by atoms with E-state index in [9.17, 15) is 14.4 Å². The minimum Gasteiger partial charge on any atom is -0.458 e. The maximum atomic E-state index is 12.2. The average molecular weight is 303 g/mol. The Kier molecular flexibility index (Phi) is 3.11. The number of hydroxylamine groups is 2. The molecule has 6 nitrogen and oxygen atoms in total. The molecule has 1 fully saturated rings. The summed E-state index contributed by atoms with van der Waals surface area (Å²) in [5.41, 5.74) is -1.31. The molecule has 0 saturated heterocycles. The molecule has 116 valence electrons. The van der Waals surface area contributed by atoms with Gasteiger partial charge in [-0.05, 0) is 45.7 Å². The lowest BCUT2D eigenvalue weighted by molar-refractivity contribution is -0.196. The molecule has 3 rings (SSSR count). The van der Waals surface area contributed by atoms with Crippen molar-refractivity contribution in [1.82, 2.24) is 5.06 Å². The molecule has 0 N–H and O–H groups in total. The highest BCUT2D eigenvalue weighted by Gasteiger charge is 2.58. The molecule has 0 bridgehead atoms. The molecule has 2 amide bonds. The fourth-order valence-corrected chi connectivity index (χ4v) is 2.24. The maximum Gasteiger partial charge on any atom is 0.341 e. The molecule has 22 heavy (non-hydrogen) atoms. The van der Waals surface area contributed by atoms with Gasteiger partial charge >= 0.3 is 5.97 Å². The molecule has 0 aromatic heterocycles. The number of benzene rings is 1. The van der Waals surface area contributed by atoms with E-state index in [1.165, 1.54) is 0 Å². The minimum absolute atomic E-state index is 0.285. The summed E-state index contributed by atoms with van der Waals surface area (Å²) in [4.78, 5) is 42.2. The topological polar surface area (TPSA) is 72.9 Å². The zero-order chi connectivity index (χ0) is 16.1. The molecule has 1 heterocycles. The molecule has 0 spiro atoms. The highest BCUT2D eigenvalue weighted by atomic mass is 16.7. The largest absolute Gasteiger partial charge is 0.458 e. The van der Waals surface area contributed by atoms with Crippen LogP contribution in [0.1, 0.15) is 54.3 Å². The molecule has 0 radical (unpaired) electrons. The molecule has 1 aliphatic carbocycles. The van der Waals surface area contributed by atoms with Gasteiger partial charge in [0.1, 0.15) is 5.60 Å². The third kappa shape index (κ3) is 2.39. The third-order valence-corrected chi connectivity index (χ3v) is 3.50. The van der Waals surface area contributed by atoms with Gasteiger partial charge in [0.25, 0.3) is 11.8 Å². The summed E-state index contributed by atoms with van der Waals surface area (Å²) in [5.74, 6) is -1.64. The van der Waals surface area contributed by atoms with Crippen LogP contribution < -0.4 is 0 Å². The van der Waals surface area contributed by atoms with Gasteiger partial charge < -0.3 is 4.74 Å². The van der Waals surface area contributed by atoms with Crippen LogP contribution in [-0.4, -0.2) is 34.0 Å². The van der Waals surface area contributed by atoms with Crippen molar-refractivity contribution in [1.29, 1.82) is 0 Å². The number of ether oxygens (including phenoxy) is 1. The van der Waals surface area contributed by atoms with Crippen LogP contribution in [0.2, 0.25) is 0 Å². The third-order valence-electron chi connectivity index (χ3n) is 3.50. The van der Waals surface area contributed by atoms with E-state index in [-0.39, 0.29) is 11.1 Å². The predicted molar refractivity (Wildman–Crippen MR) is 75.8 cm³/mol. The van der Waals surface area contributed by atoms with E-state index in [1.807, 2.05) is 0 Å². The van der Waals surface area contributed by atoms with E-state index >= 15 is 0 Å². The van der Waals surface area contributed by atoms with Crippen molar-refractivity contribution < 1.29 is 24.0 Å². The molecule has 0 atom stereocenters. The zero-order valence-electron chi connectivity index (χ0n) is 12.7. The number of nitrogens with zero attached hydrogens (tertiary/aromatic N) is 1. The Bertz CT molecular complexity index is 634. The second kappa shape index (κ2) is 4.64. The van der Waals surface area contributed by atoms with Gasteiger partial charge in [0, 0.05) is 0 Å². The molecule has 1 aliphatic heterocycles. The van der Waals surface area contributed by atoms with Gasteiger partial charge in [0.05, 0.1) is 11.1 Å². The van der Waals surface area contributed by atoms with E-state index in [0.29, 0.717) is 17.9 Å². The van der Waals surface area contributed by atoms with Crippen LogP contribution in [0.25, 0.3) is 0 Å². The van der Waals surface area contributed by atoms with Crippen molar-refractivity contribution in [2.24, 2.45) is 0 Å². The van der Waals surface area contributed by atoms with E-state index in [4.69, 9.17) is 9.57 Å². The lowest BCUT2D eigenvalue weighted by Gasteiger charge is -2.25. The molecular formula is C16H17NO5. The minimum atomic E-state index is -1.22. The zero-order valence-corrected chi connectivity index (χ0v) is 12.7. The highest BCUT2D eigenvalue weighted by Crippen LogP contribution is 2.43. The number of rotatable bonds is 3. The SMILES string of the molecule is CC(C)(C)OC(=O)C1(ON2C(=O)c3ccccc3C2=O)CC1. The second-order valence-electron chi connectivity index (χ2n) is 6.54. The average Bonchev–Trinajstić information content (AvgIpc) is 3.18. The lowest BCUT2D eigenvalue weighted by atomic mass is 10.1. The summed E-state index contributed by atoms with van der Waals surface area (Å²) in [6, 6.07) is 6.47. The summed E-state index contributed by atoms with van der Waals surface area (Å²) >= 11 is 0.